The molecule has 0 bridgehead atoms. The van der Waals surface area contributed by atoms with Gasteiger partial charge in [0.15, 0.2) is 22.3 Å². The number of rotatable bonds is 25. The molecule has 7 aromatic rings. The Morgan fingerprint density at radius 1 is 0.705 bits per heavy atom. The molecular formula is C56H64I2N12O16P2+2. The first kappa shape index (κ1) is 68.7. The smallest absolute Gasteiger partial charge is 0.497 e. The molecule has 8 unspecified atom stereocenters. The van der Waals surface area contributed by atoms with Gasteiger partial charge in [-0.3, -0.25) is 48.9 Å². The summed E-state index contributed by atoms with van der Waals surface area (Å²) in [5, 5.41) is 32.2. The van der Waals surface area contributed by atoms with E-state index in [-0.39, 0.29) is 103 Å². The Labute approximate surface area is 533 Å². The van der Waals surface area contributed by atoms with E-state index < -0.39 is 76.7 Å². The lowest BCUT2D eigenvalue weighted by molar-refractivity contribution is -0.119. The Hall–Kier alpha value is -6.78. The van der Waals surface area contributed by atoms with E-state index in [1.54, 1.807) is 46.5 Å². The number of aromatic amines is 2. The van der Waals surface area contributed by atoms with Crippen LogP contribution in [0.2, 0.25) is 0 Å². The topological polar surface area (TPSA) is 370 Å². The van der Waals surface area contributed by atoms with Gasteiger partial charge in [-0.2, -0.15) is 20.5 Å². The summed E-state index contributed by atoms with van der Waals surface area (Å²) in [6.07, 6.45) is -1.63. The van der Waals surface area contributed by atoms with Crippen molar-refractivity contribution in [2.24, 2.45) is 11.8 Å². The van der Waals surface area contributed by atoms with Gasteiger partial charge >= 0.3 is 16.5 Å². The molecule has 4 aromatic heterocycles. The van der Waals surface area contributed by atoms with E-state index in [0.29, 0.717) is 11.5 Å². The first-order chi connectivity index (χ1) is 42.4. The van der Waals surface area contributed by atoms with Crippen molar-refractivity contribution in [1.29, 1.82) is 10.5 Å². The molecule has 3 aromatic carbocycles. The number of carbonyl (C=O) groups excluding carboxylic acids is 2. The number of hydrogen-bond donors (Lipinski definition) is 5. The number of aliphatic hydroxyl groups excluding tert-OH is 1. The molecule has 2 aliphatic rings. The number of aromatic nitrogens is 8. The van der Waals surface area contributed by atoms with Gasteiger partial charge in [-0.05, 0) is 41.0 Å². The number of halogens is 2. The van der Waals surface area contributed by atoms with Crippen LogP contribution in [-0.4, -0.2) is 123 Å². The zero-order valence-electron chi connectivity index (χ0n) is 48.4. The molecule has 466 valence electrons. The van der Waals surface area contributed by atoms with Crippen molar-refractivity contribution < 1.29 is 65.6 Å². The number of benzene rings is 3. The van der Waals surface area contributed by atoms with Crippen LogP contribution in [0.3, 0.4) is 0 Å². The van der Waals surface area contributed by atoms with Crippen LogP contribution in [0.15, 0.2) is 101 Å². The molecular weight excluding hydrogens is 1410 g/mol. The fourth-order valence-corrected chi connectivity index (χ4v) is 10.6. The molecule has 2 fully saturated rings. The van der Waals surface area contributed by atoms with Crippen LogP contribution in [0, 0.1) is 34.5 Å². The van der Waals surface area contributed by atoms with E-state index in [2.05, 4.69) is 85.7 Å². The number of nitrogens with one attached hydrogen (secondary N) is 4. The number of alkyl halides is 2. The highest BCUT2D eigenvalue weighted by molar-refractivity contribution is 14.2. The number of methoxy groups -OCH3 is 2. The molecule has 8 atom stereocenters. The van der Waals surface area contributed by atoms with Crippen molar-refractivity contribution in [1.82, 2.24) is 39.0 Å². The molecule has 2 aliphatic heterocycles. The van der Waals surface area contributed by atoms with Crippen LogP contribution < -0.4 is 31.2 Å². The minimum absolute atomic E-state index is 0.0288. The van der Waals surface area contributed by atoms with Crippen LogP contribution in [0.5, 0.6) is 11.5 Å². The summed E-state index contributed by atoms with van der Waals surface area (Å²) in [4.78, 5) is 71.8. The van der Waals surface area contributed by atoms with Crippen molar-refractivity contribution >= 4 is 108 Å². The molecule has 28 nitrogen and oxygen atoms in total. The molecule has 6 heterocycles. The van der Waals surface area contributed by atoms with Gasteiger partial charge in [0.25, 0.3) is 11.1 Å². The lowest BCUT2D eigenvalue weighted by Gasteiger charge is -2.37. The van der Waals surface area contributed by atoms with Gasteiger partial charge < -0.3 is 28.8 Å². The van der Waals surface area contributed by atoms with E-state index in [4.69, 9.17) is 52.3 Å². The Kier molecular flexibility index (Phi) is 25.9. The zero-order chi connectivity index (χ0) is 63.5. The summed E-state index contributed by atoms with van der Waals surface area (Å²) >= 11 is 4.55. The number of anilines is 2. The fraction of sp³-hybridized carbons (Fsp3) is 0.429. The zero-order valence-corrected chi connectivity index (χ0v) is 54.5. The molecule has 0 aliphatic carbocycles. The Bertz CT molecular complexity index is 3660. The van der Waals surface area contributed by atoms with Crippen molar-refractivity contribution in [3.05, 3.63) is 129 Å². The highest BCUT2D eigenvalue weighted by Crippen LogP contribution is 2.45. The standard InChI is InChI=1S/C38H39N6O9P.C17H21N6O7P.CH2I2/c1-24(2)35(45)42-37-41-34-33(36(46)43-37)40-23-44(34)32-21-30(53-54(47)51-20-8-19-39)31(52-32)22-50-38(25-9-6-5-7-10-25,26-11-15-28(48-3)16-12-26)27-13-17-29(49-4)18-14-27;1-9(2)15(25)21-17-20-14-13(16(26)22-17)19-8-23(14)12-6-10(11(7-24)29-12)30-31(27)28-5-3-4-18;2-1-3/h5-7,9-18,23-24,30-32H,8,20-22H2,1-4H3,(H-,41,42,43,45,46);8-12,24H,3,5-7H2,1-2H3,(H-,20,21,22,25,26);1H2/p+2. The number of nitrogens with zero attached hydrogens (tertiary/aromatic N) is 8. The van der Waals surface area contributed by atoms with Crippen molar-refractivity contribution in [2.45, 2.75) is 95.9 Å². The average molecular weight is 1480 g/mol. The van der Waals surface area contributed by atoms with E-state index in [1.165, 1.54) is 19.7 Å². The lowest BCUT2D eigenvalue weighted by atomic mass is 9.80. The van der Waals surface area contributed by atoms with Gasteiger partial charge in [-0.25, -0.2) is 9.97 Å². The number of carbonyl (C=O) groups is 2. The van der Waals surface area contributed by atoms with Crippen LogP contribution in [0.4, 0.5) is 11.9 Å². The molecule has 2 saturated heterocycles. The molecule has 0 spiro atoms. The Morgan fingerprint density at radius 2 is 1.11 bits per heavy atom. The van der Waals surface area contributed by atoms with Crippen LogP contribution in [-0.2, 0) is 56.6 Å². The number of imidazole rings is 2. The van der Waals surface area contributed by atoms with E-state index in [1.807, 2.05) is 91.0 Å². The van der Waals surface area contributed by atoms with Gasteiger partial charge in [0, 0.05) is 33.8 Å². The molecule has 5 N–H and O–H groups in total. The van der Waals surface area contributed by atoms with Crippen molar-refractivity contribution in [3.63, 3.8) is 0 Å². The molecule has 0 saturated carbocycles. The van der Waals surface area contributed by atoms with Gasteiger partial charge in [-0.1, -0.05) is 127 Å². The monoisotopic (exact) mass is 1480 g/mol. The largest absolute Gasteiger partial charge is 0.697 e. The molecule has 2 amide bonds. The number of nitriles is 2. The van der Waals surface area contributed by atoms with Gasteiger partial charge in [0.1, 0.15) is 67.2 Å². The minimum Gasteiger partial charge on any atom is -0.497 e. The number of fused-ring (bicyclic) bond motifs is 2. The number of aliphatic hydroxyl groups is 1. The second kappa shape index (κ2) is 33.2. The number of hydrogen-bond acceptors (Lipinski definition) is 22. The van der Waals surface area contributed by atoms with Gasteiger partial charge in [-0.15, -0.1) is 18.1 Å². The highest BCUT2D eigenvalue weighted by Gasteiger charge is 2.47. The average Bonchev–Trinajstić information content (AvgIpc) is 2.50. The summed E-state index contributed by atoms with van der Waals surface area (Å²) in [6.45, 7) is 6.23. The van der Waals surface area contributed by atoms with Crippen molar-refractivity contribution in [2.75, 3.05) is 53.7 Å². The summed E-state index contributed by atoms with van der Waals surface area (Å²) in [7, 11) is -1.97. The molecule has 88 heavy (non-hydrogen) atoms. The van der Waals surface area contributed by atoms with Crippen molar-refractivity contribution in [3.8, 4) is 23.6 Å². The first-order valence-electron chi connectivity index (χ1n) is 27.3. The summed E-state index contributed by atoms with van der Waals surface area (Å²) in [5.41, 5.74) is 0.511. The first-order valence-corrected chi connectivity index (χ1v) is 32.5. The Balaban J connectivity index is 0.000000275. The van der Waals surface area contributed by atoms with Crippen LogP contribution >= 0.6 is 61.7 Å². The number of amides is 2. The van der Waals surface area contributed by atoms with E-state index in [9.17, 15) is 33.4 Å². The van der Waals surface area contributed by atoms with Gasteiger partial charge in [0.2, 0.25) is 23.7 Å². The third kappa shape index (κ3) is 17.3. The third-order valence-corrected chi connectivity index (χ3v) is 15.1. The second-order valence-electron chi connectivity index (χ2n) is 19.8. The highest BCUT2D eigenvalue weighted by atomic mass is 127. The van der Waals surface area contributed by atoms with Crippen LogP contribution in [0.1, 0.15) is 82.5 Å². The molecule has 0 radical (unpaired) electrons. The normalized spacial score (nSPS) is 18.4. The van der Waals surface area contributed by atoms with Gasteiger partial charge in [0.05, 0.1) is 67.5 Å². The summed E-state index contributed by atoms with van der Waals surface area (Å²) in [6, 6.07) is 28.7. The van der Waals surface area contributed by atoms with Crippen LogP contribution in [0.25, 0.3) is 22.3 Å². The quantitative estimate of drug-likeness (QED) is 0.0117. The third-order valence-electron chi connectivity index (χ3n) is 13.5. The maximum absolute atomic E-state index is 13.0. The Morgan fingerprint density at radius 3 is 1.51 bits per heavy atom. The SMILES string of the molecule is CC(C)C(=O)Nc1nc2c(ncn2C2CC(O[P+](=O)OCCC#N)C(CO)O2)c(=O)[nH]1.COc1ccc(C(OCC2OC(n3cnc4c(=O)[nH]c(NC(=O)C(C)C)nc43)CC2O[P+](=O)OCCC#N)(c2ccccc2)c2ccc(OC)cc2)cc1.ICI. The minimum atomic E-state index is -2.66. The molecule has 32 heteroatoms. The second-order valence-corrected chi connectivity index (χ2v) is 26.1. The number of ether oxygens (including phenoxy) is 5. The maximum Gasteiger partial charge on any atom is 0.697 e. The van der Waals surface area contributed by atoms with E-state index in [0.717, 1.165) is 16.7 Å². The van der Waals surface area contributed by atoms with E-state index >= 15 is 0 Å². The number of H-pyrrole nitrogens is 2. The fourth-order valence-electron chi connectivity index (χ4n) is 9.09. The lowest BCUT2D eigenvalue weighted by Crippen LogP contribution is -2.38. The predicted molar refractivity (Wildman–Crippen MR) is 336 cm³/mol. The molecule has 9 rings (SSSR count). The summed E-state index contributed by atoms with van der Waals surface area (Å²) in [5.74, 6) is -0.0675. The predicted octanol–water partition coefficient (Wildman–Crippen LogP) is 8.78. The summed E-state index contributed by atoms with van der Waals surface area (Å²) < 4.78 is 81.1. The maximum atomic E-state index is 13.0.